The molecule has 6 heteroatoms. The number of hydrogen-bond acceptors (Lipinski definition) is 4. The van der Waals surface area contributed by atoms with Gasteiger partial charge in [0.25, 0.3) is 0 Å². The number of rotatable bonds is 10. The standard InChI is InChI=1S/C15H29N5O/c1-12(2)16-10-14-11-20(19-18-14)9-7-5-6-8-15(21)17-13(3)4/h11-13,16H,5-10H2,1-4H3,(H,17,21). The summed E-state index contributed by atoms with van der Waals surface area (Å²) in [7, 11) is 0. The molecule has 21 heavy (non-hydrogen) atoms. The third kappa shape index (κ3) is 8.45. The number of carbonyl (C=O) groups is 1. The second kappa shape index (κ2) is 9.50. The van der Waals surface area contributed by atoms with Gasteiger partial charge in [-0.25, -0.2) is 0 Å². The van der Waals surface area contributed by atoms with E-state index in [1.54, 1.807) is 0 Å². The summed E-state index contributed by atoms with van der Waals surface area (Å²) in [4.78, 5) is 11.5. The number of aryl methyl sites for hydroxylation is 1. The minimum Gasteiger partial charge on any atom is -0.354 e. The van der Waals surface area contributed by atoms with Crippen LogP contribution in [0.5, 0.6) is 0 Å². The Morgan fingerprint density at radius 3 is 2.62 bits per heavy atom. The van der Waals surface area contributed by atoms with Gasteiger partial charge in [0, 0.05) is 37.8 Å². The quantitative estimate of drug-likeness (QED) is 0.646. The first-order valence-corrected chi connectivity index (χ1v) is 7.89. The molecule has 0 fully saturated rings. The second-order valence-electron chi connectivity index (χ2n) is 6.04. The molecular formula is C15H29N5O. The monoisotopic (exact) mass is 295 g/mol. The van der Waals surface area contributed by atoms with Gasteiger partial charge in [0.2, 0.25) is 5.91 Å². The molecule has 0 saturated carbocycles. The normalized spacial score (nSPS) is 11.3. The molecule has 1 rings (SSSR count). The molecule has 0 radical (unpaired) electrons. The molecular weight excluding hydrogens is 266 g/mol. The third-order valence-electron chi connectivity index (χ3n) is 3.02. The summed E-state index contributed by atoms with van der Waals surface area (Å²) in [5, 5.41) is 14.5. The number of hydrogen-bond donors (Lipinski definition) is 2. The minimum atomic E-state index is 0.146. The highest BCUT2D eigenvalue weighted by Gasteiger charge is 2.04. The summed E-state index contributed by atoms with van der Waals surface area (Å²) in [6, 6.07) is 0.678. The summed E-state index contributed by atoms with van der Waals surface area (Å²) in [6.45, 7) is 9.80. The fraction of sp³-hybridized carbons (Fsp3) is 0.800. The maximum absolute atomic E-state index is 11.5. The zero-order chi connectivity index (χ0) is 15.7. The number of nitrogens with one attached hydrogen (secondary N) is 2. The molecule has 0 atom stereocenters. The van der Waals surface area contributed by atoms with Crippen molar-refractivity contribution in [3.63, 3.8) is 0 Å². The first-order chi connectivity index (χ1) is 9.97. The largest absolute Gasteiger partial charge is 0.354 e. The molecule has 6 nitrogen and oxygen atoms in total. The molecule has 0 aliphatic heterocycles. The van der Waals surface area contributed by atoms with Crippen molar-refractivity contribution in [3.8, 4) is 0 Å². The van der Waals surface area contributed by atoms with Crippen LogP contribution in [-0.4, -0.2) is 33.0 Å². The van der Waals surface area contributed by atoms with Crippen molar-refractivity contribution in [1.82, 2.24) is 25.6 Å². The van der Waals surface area contributed by atoms with Crippen molar-refractivity contribution in [3.05, 3.63) is 11.9 Å². The smallest absolute Gasteiger partial charge is 0.220 e. The molecule has 0 aliphatic rings. The molecule has 1 aromatic heterocycles. The van der Waals surface area contributed by atoms with Crippen molar-refractivity contribution in [2.24, 2.45) is 0 Å². The third-order valence-corrected chi connectivity index (χ3v) is 3.02. The molecule has 2 N–H and O–H groups in total. The lowest BCUT2D eigenvalue weighted by atomic mass is 10.2. The Hall–Kier alpha value is -1.43. The van der Waals surface area contributed by atoms with Gasteiger partial charge in [0.15, 0.2) is 0 Å². The van der Waals surface area contributed by atoms with E-state index in [2.05, 4.69) is 34.8 Å². The van der Waals surface area contributed by atoms with Gasteiger partial charge in [-0.3, -0.25) is 9.48 Å². The van der Waals surface area contributed by atoms with E-state index in [9.17, 15) is 4.79 Å². The Kier molecular flexibility index (Phi) is 7.97. The first-order valence-electron chi connectivity index (χ1n) is 7.89. The first kappa shape index (κ1) is 17.6. The van der Waals surface area contributed by atoms with Gasteiger partial charge >= 0.3 is 0 Å². The van der Waals surface area contributed by atoms with Gasteiger partial charge in [0.1, 0.15) is 0 Å². The van der Waals surface area contributed by atoms with E-state index in [1.165, 1.54) is 0 Å². The lowest BCUT2D eigenvalue weighted by molar-refractivity contribution is -0.121. The van der Waals surface area contributed by atoms with Crippen molar-refractivity contribution in [2.75, 3.05) is 0 Å². The number of carbonyl (C=O) groups excluding carboxylic acids is 1. The van der Waals surface area contributed by atoms with Crippen LogP contribution in [0.4, 0.5) is 0 Å². The van der Waals surface area contributed by atoms with E-state index in [4.69, 9.17) is 0 Å². The van der Waals surface area contributed by atoms with Crippen LogP contribution in [0.15, 0.2) is 6.20 Å². The predicted molar refractivity (Wildman–Crippen MR) is 83.7 cm³/mol. The molecule has 1 aromatic rings. The lowest BCUT2D eigenvalue weighted by Gasteiger charge is -2.07. The molecule has 0 aliphatic carbocycles. The van der Waals surface area contributed by atoms with E-state index in [0.29, 0.717) is 12.5 Å². The van der Waals surface area contributed by atoms with Gasteiger partial charge in [-0.05, 0) is 26.7 Å². The zero-order valence-electron chi connectivity index (χ0n) is 13.7. The Labute approximate surface area is 127 Å². The summed E-state index contributed by atoms with van der Waals surface area (Å²) < 4.78 is 1.88. The van der Waals surface area contributed by atoms with Crippen molar-refractivity contribution >= 4 is 5.91 Å². The van der Waals surface area contributed by atoms with Crippen LogP contribution in [0.25, 0.3) is 0 Å². The summed E-state index contributed by atoms with van der Waals surface area (Å²) in [6.07, 6.45) is 5.58. The molecule has 1 heterocycles. The fourth-order valence-corrected chi connectivity index (χ4v) is 1.97. The second-order valence-corrected chi connectivity index (χ2v) is 6.04. The van der Waals surface area contributed by atoms with Gasteiger partial charge in [-0.2, -0.15) is 0 Å². The Morgan fingerprint density at radius 2 is 1.95 bits per heavy atom. The van der Waals surface area contributed by atoms with E-state index >= 15 is 0 Å². The molecule has 1 amide bonds. The summed E-state index contributed by atoms with van der Waals surface area (Å²) in [5.74, 6) is 0.146. The average Bonchev–Trinajstić information content (AvgIpc) is 2.83. The Balaban J connectivity index is 2.11. The van der Waals surface area contributed by atoms with Crippen LogP contribution in [0.1, 0.15) is 59.1 Å². The highest BCUT2D eigenvalue weighted by molar-refractivity contribution is 5.76. The minimum absolute atomic E-state index is 0.146. The Morgan fingerprint density at radius 1 is 1.19 bits per heavy atom. The van der Waals surface area contributed by atoms with Crippen LogP contribution in [0.2, 0.25) is 0 Å². The fourth-order valence-electron chi connectivity index (χ4n) is 1.97. The van der Waals surface area contributed by atoms with Crippen molar-refractivity contribution in [2.45, 2.75) is 78.6 Å². The molecule has 0 aromatic carbocycles. The van der Waals surface area contributed by atoms with E-state index in [0.717, 1.165) is 38.0 Å². The van der Waals surface area contributed by atoms with E-state index in [1.807, 2.05) is 24.7 Å². The number of nitrogens with zero attached hydrogens (tertiary/aromatic N) is 3. The molecule has 0 bridgehead atoms. The molecule has 120 valence electrons. The highest BCUT2D eigenvalue weighted by atomic mass is 16.1. The summed E-state index contributed by atoms with van der Waals surface area (Å²) in [5.41, 5.74) is 0.972. The van der Waals surface area contributed by atoms with Gasteiger partial charge in [-0.15, -0.1) is 5.10 Å². The zero-order valence-corrected chi connectivity index (χ0v) is 13.7. The molecule has 0 unspecified atom stereocenters. The van der Waals surface area contributed by atoms with Crippen LogP contribution in [0.3, 0.4) is 0 Å². The predicted octanol–water partition coefficient (Wildman–Crippen LogP) is 1.86. The maximum Gasteiger partial charge on any atom is 0.220 e. The number of unbranched alkanes of at least 4 members (excludes halogenated alkanes) is 2. The van der Waals surface area contributed by atoms with Crippen molar-refractivity contribution < 1.29 is 4.79 Å². The maximum atomic E-state index is 11.5. The van der Waals surface area contributed by atoms with Gasteiger partial charge in [-0.1, -0.05) is 25.5 Å². The lowest BCUT2D eigenvalue weighted by Crippen LogP contribution is -2.29. The van der Waals surface area contributed by atoms with Crippen LogP contribution >= 0.6 is 0 Å². The van der Waals surface area contributed by atoms with Crippen molar-refractivity contribution in [1.29, 1.82) is 0 Å². The number of aromatic nitrogens is 3. The van der Waals surface area contributed by atoms with E-state index < -0.39 is 0 Å². The average molecular weight is 295 g/mol. The highest BCUT2D eigenvalue weighted by Crippen LogP contribution is 2.03. The number of amides is 1. The SMILES string of the molecule is CC(C)NCc1cn(CCCCCC(=O)NC(C)C)nn1. The molecule has 0 saturated heterocycles. The van der Waals surface area contributed by atoms with Crippen LogP contribution in [-0.2, 0) is 17.9 Å². The van der Waals surface area contributed by atoms with Crippen LogP contribution < -0.4 is 10.6 Å². The Bertz CT molecular complexity index is 414. The van der Waals surface area contributed by atoms with Gasteiger partial charge in [0.05, 0.1) is 5.69 Å². The van der Waals surface area contributed by atoms with E-state index in [-0.39, 0.29) is 11.9 Å². The molecule has 0 spiro atoms. The van der Waals surface area contributed by atoms with Gasteiger partial charge < -0.3 is 10.6 Å². The van der Waals surface area contributed by atoms with Crippen LogP contribution in [0, 0.1) is 0 Å². The topological polar surface area (TPSA) is 71.8 Å². The summed E-state index contributed by atoms with van der Waals surface area (Å²) >= 11 is 0.